The third-order valence-electron chi connectivity index (χ3n) is 7.16. The quantitative estimate of drug-likeness (QED) is 0.0398. The number of likely N-dealkylation sites (N-methyl/N-ethyl adjacent to an activating group) is 1. The fourth-order valence-electron chi connectivity index (χ4n) is 4.38. The summed E-state index contributed by atoms with van der Waals surface area (Å²) in [6, 6.07) is -0.882. The molecule has 3 unspecified atom stereocenters. The van der Waals surface area contributed by atoms with Crippen molar-refractivity contribution in [2.75, 3.05) is 40.9 Å². The highest BCUT2D eigenvalue weighted by Crippen LogP contribution is 2.38. The number of unbranched alkanes of at least 4 members (excludes halogenated alkanes) is 14. The molecular weight excluding hydrogens is 551 g/mol. The molecule has 0 aromatic heterocycles. The topological polar surface area (TPSA) is 108 Å². The SMILES string of the molecule is CCCCCC/C=C/C(O)C(COP(=O)([O-])OCC[N+](C)(C)C)NC(=O)CCCCCCC/C=C\CCCCCCC. The van der Waals surface area contributed by atoms with Crippen LogP contribution in [-0.2, 0) is 18.4 Å². The van der Waals surface area contributed by atoms with E-state index in [1.807, 2.05) is 27.2 Å². The van der Waals surface area contributed by atoms with E-state index in [-0.39, 0.29) is 19.1 Å². The van der Waals surface area contributed by atoms with Crippen LogP contribution in [0.2, 0.25) is 0 Å². The molecule has 2 N–H and O–H groups in total. The number of aliphatic hydroxyl groups excluding tert-OH is 1. The molecule has 3 atom stereocenters. The van der Waals surface area contributed by atoms with Crippen LogP contribution in [0.25, 0.3) is 0 Å². The Morgan fingerprint density at radius 1 is 0.810 bits per heavy atom. The maximum atomic E-state index is 12.6. The minimum Gasteiger partial charge on any atom is -0.756 e. The predicted molar refractivity (Wildman–Crippen MR) is 173 cm³/mol. The van der Waals surface area contributed by atoms with Crippen molar-refractivity contribution in [1.82, 2.24) is 5.32 Å². The number of phosphoric ester groups is 1. The number of hydrogen-bond acceptors (Lipinski definition) is 6. The number of nitrogens with one attached hydrogen (secondary N) is 1. The van der Waals surface area contributed by atoms with Crippen molar-refractivity contribution < 1.29 is 32.9 Å². The summed E-state index contributed by atoms with van der Waals surface area (Å²) in [6.45, 7) is 4.51. The van der Waals surface area contributed by atoms with Crippen molar-refractivity contribution in [3.63, 3.8) is 0 Å². The molecule has 42 heavy (non-hydrogen) atoms. The summed E-state index contributed by atoms with van der Waals surface area (Å²) >= 11 is 0. The minimum atomic E-state index is -4.56. The summed E-state index contributed by atoms with van der Waals surface area (Å²) in [7, 11) is 1.25. The van der Waals surface area contributed by atoms with E-state index in [1.54, 1.807) is 6.08 Å². The number of rotatable bonds is 29. The van der Waals surface area contributed by atoms with E-state index in [4.69, 9.17) is 9.05 Å². The summed E-state index contributed by atoms with van der Waals surface area (Å²) in [4.78, 5) is 24.9. The van der Waals surface area contributed by atoms with E-state index in [0.717, 1.165) is 57.8 Å². The molecule has 8 nitrogen and oxygen atoms in total. The Hall–Kier alpha value is -1.02. The highest BCUT2D eigenvalue weighted by molar-refractivity contribution is 7.45. The zero-order valence-electron chi connectivity index (χ0n) is 27.7. The molecule has 0 saturated heterocycles. The first-order valence-electron chi connectivity index (χ1n) is 16.7. The van der Waals surface area contributed by atoms with Gasteiger partial charge in [0, 0.05) is 6.42 Å². The summed E-state index contributed by atoms with van der Waals surface area (Å²) in [6.07, 6.45) is 26.7. The number of quaternary nitrogens is 1. The van der Waals surface area contributed by atoms with Gasteiger partial charge in [0.25, 0.3) is 7.82 Å². The van der Waals surface area contributed by atoms with E-state index in [2.05, 4.69) is 31.3 Å². The van der Waals surface area contributed by atoms with Gasteiger partial charge in [0.2, 0.25) is 5.91 Å². The van der Waals surface area contributed by atoms with Gasteiger partial charge in [0.05, 0.1) is 39.9 Å². The average Bonchev–Trinajstić information content (AvgIpc) is 2.92. The Kier molecular flexibility index (Phi) is 25.7. The molecule has 0 spiro atoms. The Bertz CT molecular complexity index is 753. The lowest BCUT2D eigenvalue weighted by Crippen LogP contribution is -2.45. The Balaban J connectivity index is 4.49. The number of hydrogen-bond donors (Lipinski definition) is 2. The maximum absolute atomic E-state index is 12.6. The number of carbonyl (C=O) groups is 1. The molecule has 0 fully saturated rings. The van der Waals surface area contributed by atoms with Crippen LogP contribution in [0, 0.1) is 0 Å². The van der Waals surface area contributed by atoms with Crippen molar-refractivity contribution in [1.29, 1.82) is 0 Å². The van der Waals surface area contributed by atoms with Gasteiger partial charge in [-0.25, -0.2) is 0 Å². The summed E-state index contributed by atoms with van der Waals surface area (Å²) in [5, 5.41) is 13.5. The second kappa shape index (κ2) is 26.4. The van der Waals surface area contributed by atoms with E-state index < -0.39 is 20.0 Å². The van der Waals surface area contributed by atoms with Crippen molar-refractivity contribution in [2.24, 2.45) is 0 Å². The van der Waals surface area contributed by atoms with Crippen molar-refractivity contribution in [2.45, 2.75) is 142 Å². The highest BCUT2D eigenvalue weighted by Gasteiger charge is 2.23. The van der Waals surface area contributed by atoms with Crippen LogP contribution in [0.5, 0.6) is 0 Å². The molecule has 0 aromatic rings. The van der Waals surface area contributed by atoms with Crippen LogP contribution in [-0.4, -0.2) is 68.5 Å². The van der Waals surface area contributed by atoms with E-state index in [9.17, 15) is 19.4 Å². The van der Waals surface area contributed by atoms with Gasteiger partial charge in [0.15, 0.2) is 0 Å². The lowest BCUT2D eigenvalue weighted by molar-refractivity contribution is -0.870. The molecule has 9 heteroatoms. The maximum Gasteiger partial charge on any atom is 0.268 e. The van der Waals surface area contributed by atoms with Crippen molar-refractivity contribution >= 4 is 13.7 Å². The van der Waals surface area contributed by atoms with E-state index in [0.29, 0.717) is 17.4 Å². The summed E-state index contributed by atoms with van der Waals surface area (Å²) in [5.41, 5.74) is 0. The summed E-state index contributed by atoms with van der Waals surface area (Å²) < 4.78 is 22.9. The predicted octanol–water partition coefficient (Wildman–Crippen LogP) is 7.21. The molecule has 248 valence electrons. The second-order valence-electron chi connectivity index (χ2n) is 12.5. The number of aliphatic hydroxyl groups is 1. The van der Waals surface area contributed by atoms with Crippen LogP contribution < -0.4 is 10.2 Å². The first kappa shape index (κ1) is 41.0. The van der Waals surface area contributed by atoms with Crippen LogP contribution in [0.15, 0.2) is 24.3 Å². The molecule has 1 amide bonds. The van der Waals surface area contributed by atoms with E-state index in [1.165, 1.54) is 51.4 Å². The van der Waals surface area contributed by atoms with Crippen LogP contribution >= 0.6 is 7.82 Å². The lowest BCUT2D eigenvalue weighted by atomic mass is 10.1. The first-order valence-corrected chi connectivity index (χ1v) is 18.2. The molecule has 0 rings (SSSR count). The second-order valence-corrected chi connectivity index (χ2v) is 13.9. The average molecular weight is 617 g/mol. The number of nitrogens with zero attached hydrogens (tertiary/aromatic N) is 1. The van der Waals surface area contributed by atoms with Gasteiger partial charge in [-0.2, -0.15) is 0 Å². The zero-order valence-corrected chi connectivity index (χ0v) is 28.6. The summed E-state index contributed by atoms with van der Waals surface area (Å²) in [5.74, 6) is -0.215. The number of allylic oxidation sites excluding steroid dienone is 3. The van der Waals surface area contributed by atoms with Gasteiger partial charge in [-0.1, -0.05) is 102 Å². The van der Waals surface area contributed by atoms with Crippen LogP contribution in [0.3, 0.4) is 0 Å². The largest absolute Gasteiger partial charge is 0.756 e. The lowest BCUT2D eigenvalue weighted by Gasteiger charge is -2.29. The van der Waals surface area contributed by atoms with Gasteiger partial charge < -0.3 is 28.8 Å². The van der Waals surface area contributed by atoms with Gasteiger partial charge >= 0.3 is 0 Å². The third-order valence-corrected chi connectivity index (χ3v) is 8.12. The minimum absolute atomic E-state index is 0.00304. The van der Waals surface area contributed by atoms with Crippen LogP contribution in [0.4, 0.5) is 0 Å². The molecule has 0 aliphatic rings. The standard InChI is InChI=1S/C33H65N2O6P/c1-6-8-10-12-14-15-16-17-18-19-20-21-23-25-27-33(37)34-31(32(36)26-24-22-13-11-9-7-2)30-41-42(38,39)40-29-28-35(3,4)5/h16-17,24,26,31-32,36H,6-15,18-23,25,27-30H2,1-5H3,(H-,34,37,38,39)/b17-16-,26-24+. The smallest absolute Gasteiger partial charge is 0.268 e. The molecular formula is C33H65N2O6P. The normalized spacial score (nSPS) is 15.3. The highest BCUT2D eigenvalue weighted by atomic mass is 31.2. The van der Waals surface area contributed by atoms with Gasteiger partial charge in [-0.15, -0.1) is 0 Å². The Labute approximate surface area is 258 Å². The fourth-order valence-corrected chi connectivity index (χ4v) is 5.10. The third kappa shape index (κ3) is 27.8. The first-order chi connectivity index (χ1) is 20.0. The van der Waals surface area contributed by atoms with Crippen molar-refractivity contribution in [3.05, 3.63) is 24.3 Å². The van der Waals surface area contributed by atoms with Gasteiger partial charge in [-0.05, 0) is 44.9 Å². The molecule has 0 saturated carbocycles. The van der Waals surface area contributed by atoms with Gasteiger partial charge in [0.1, 0.15) is 13.2 Å². The van der Waals surface area contributed by atoms with Crippen LogP contribution in [0.1, 0.15) is 129 Å². The number of carbonyl (C=O) groups excluding carboxylic acids is 1. The molecule has 0 bridgehead atoms. The van der Waals surface area contributed by atoms with E-state index >= 15 is 0 Å². The Morgan fingerprint density at radius 2 is 1.31 bits per heavy atom. The molecule has 0 aliphatic carbocycles. The molecule has 0 aliphatic heterocycles. The fraction of sp³-hybridized carbons (Fsp3) is 0.848. The molecule has 0 radical (unpaired) electrons. The molecule has 0 heterocycles. The van der Waals surface area contributed by atoms with Gasteiger partial charge in [-0.3, -0.25) is 9.36 Å². The zero-order chi connectivity index (χ0) is 31.5. The number of amides is 1. The Morgan fingerprint density at radius 3 is 1.88 bits per heavy atom. The number of phosphoric acid groups is 1. The monoisotopic (exact) mass is 616 g/mol. The molecule has 0 aromatic carbocycles. The van der Waals surface area contributed by atoms with Crippen molar-refractivity contribution in [3.8, 4) is 0 Å².